The second-order valence-corrected chi connectivity index (χ2v) is 4.55. The van der Waals surface area contributed by atoms with Crippen molar-refractivity contribution in [2.75, 3.05) is 0 Å². The van der Waals surface area contributed by atoms with Gasteiger partial charge in [0.15, 0.2) is 5.78 Å². The third-order valence-electron chi connectivity index (χ3n) is 3.11. The van der Waals surface area contributed by atoms with Crippen LogP contribution in [-0.4, -0.2) is 20.8 Å². The fourth-order valence-electron chi connectivity index (χ4n) is 2.21. The second kappa shape index (κ2) is 5.75. The SMILES string of the molecule is CCCn1nncc1C(=O)CC1=CCCCC1. The Morgan fingerprint density at radius 1 is 1.47 bits per heavy atom. The van der Waals surface area contributed by atoms with Crippen molar-refractivity contribution < 1.29 is 4.79 Å². The molecular formula is C13H19N3O. The van der Waals surface area contributed by atoms with Gasteiger partial charge in [0.2, 0.25) is 0 Å². The summed E-state index contributed by atoms with van der Waals surface area (Å²) in [6.45, 7) is 2.83. The molecule has 4 heteroatoms. The van der Waals surface area contributed by atoms with E-state index in [1.54, 1.807) is 10.9 Å². The molecule has 1 heterocycles. The Morgan fingerprint density at radius 3 is 3.06 bits per heavy atom. The van der Waals surface area contributed by atoms with Crippen LogP contribution in [0.1, 0.15) is 55.9 Å². The van der Waals surface area contributed by atoms with Gasteiger partial charge in [0, 0.05) is 13.0 Å². The minimum Gasteiger partial charge on any atom is -0.292 e. The van der Waals surface area contributed by atoms with Gasteiger partial charge >= 0.3 is 0 Å². The van der Waals surface area contributed by atoms with Crippen LogP contribution in [0.3, 0.4) is 0 Å². The Labute approximate surface area is 102 Å². The first kappa shape index (κ1) is 12.0. The van der Waals surface area contributed by atoms with Gasteiger partial charge in [0.05, 0.1) is 6.20 Å². The van der Waals surface area contributed by atoms with E-state index in [9.17, 15) is 4.79 Å². The highest BCUT2D eigenvalue weighted by Crippen LogP contribution is 2.21. The van der Waals surface area contributed by atoms with Crippen molar-refractivity contribution in [1.82, 2.24) is 15.0 Å². The molecule has 1 aromatic heterocycles. The molecule has 0 fully saturated rings. The van der Waals surface area contributed by atoms with Crippen molar-refractivity contribution in [2.45, 2.75) is 52.0 Å². The van der Waals surface area contributed by atoms with Gasteiger partial charge in [-0.25, -0.2) is 4.68 Å². The summed E-state index contributed by atoms with van der Waals surface area (Å²) in [5, 5.41) is 7.77. The molecule has 0 N–H and O–H groups in total. The molecule has 1 aliphatic rings. The molecule has 0 aromatic carbocycles. The minimum atomic E-state index is 0.150. The smallest absolute Gasteiger partial charge is 0.186 e. The molecule has 92 valence electrons. The number of aromatic nitrogens is 3. The second-order valence-electron chi connectivity index (χ2n) is 4.55. The van der Waals surface area contributed by atoms with Crippen LogP contribution >= 0.6 is 0 Å². The molecule has 0 radical (unpaired) electrons. The molecule has 0 bridgehead atoms. The maximum absolute atomic E-state index is 12.1. The van der Waals surface area contributed by atoms with E-state index in [4.69, 9.17) is 0 Å². The third-order valence-corrected chi connectivity index (χ3v) is 3.11. The highest BCUT2D eigenvalue weighted by Gasteiger charge is 2.15. The largest absolute Gasteiger partial charge is 0.292 e. The van der Waals surface area contributed by atoms with E-state index >= 15 is 0 Å². The van der Waals surface area contributed by atoms with Crippen LogP contribution in [0.5, 0.6) is 0 Å². The highest BCUT2D eigenvalue weighted by atomic mass is 16.1. The molecule has 0 amide bonds. The summed E-state index contributed by atoms with van der Waals surface area (Å²) in [4.78, 5) is 12.1. The number of hydrogen-bond donors (Lipinski definition) is 0. The van der Waals surface area contributed by atoms with Gasteiger partial charge in [-0.2, -0.15) is 0 Å². The zero-order valence-corrected chi connectivity index (χ0v) is 10.4. The molecule has 0 spiro atoms. The number of allylic oxidation sites excluding steroid dienone is 2. The lowest BCUT2D eigenvalue weighted by Gasteiger charge is -2.11. The standard InChI is InChI=1S/C13H19N3O/c1-2-8-16-12(10-14-15-16)13(17)9-11-6-4-3-5-7-11/h6,10H,2-5,7-9H2,1H3. The van der Waals surface area contributed by atoms with E-state index in [-0.39, 0.29) is 5.78 Å². The first-order valence-electron chi connectivity index (χ1n) is 6.41. The summed E-state index contributed by atoms with van der Waals surface area (Å²) < 4.78 is 1.71. The summed E-state index contributed by atoms with van der Waals surface area (Å²) in [5.41, 5.74) is 1.93. The summed E-state index contributed by atoms with van der Waals surface area (Å²) in [6.07, 6.45) is 9.97. The van der Waals surface area contributed by atoms with Crippen LogP contribution in [0.4, 0.5) is 0 Å². The van der Waals surface area contributed by atoms with Gasteiger partial charge in [0.25, 0.3) is 0 Å². The van der Waals surface area contributed by atoms with Gasteiger partial charge < -0.3 is 0 Å². The van der Waals surface area contributed by atoms with Crippen LogP contribution in [0, 0.1) is 0 Å². The molecule has 0 saturated carbocycles. The van der Waals surface area contributed by atoms with Crippen molar-refractivity contribution in [1.29, 1.82) is 0 Å². The molecule has 0 aliphatic heterocycles. The van der Waals surface area contributed by atoms with Crippen LogP contribution in [0.2, 0.25) is 0 Å². The lowest BCUT2D eigenvalue weighted by molar-refractivity contribution is 0.0981. The summed E-state index contributed by atoms with van der Waals surface area (Å²) in [7, 11) is 0. The van der Waals surface area contributed by atoms with Crippen molar-refractivity contribution in [2.24, 2.45) is 0 Å². The summed E-state index contributed by atoms with van der Waals surface area (Å²) in [6, 6.07) is 0. The van der Waals surface area contributed by atoms with E-state index in [0.717, 1.165) is 25.8 Å². The monoisotopic (exact) mass is 233 g/mol. The molecule has 1 aromatic rings. The molecule has 1 aliphatic carbocycles. The fourth-order valence-corrected chi connectivity index (χ4v) is 2.21. The average molecular weight is 233 g/mol. The van der Waals surface area contributed by atoms with E-state index in [1.807, 2.05) is 0 Å². The van der Waals surface area contributed by atoms with Crippen molar-refractivity contribution >= 4 is 5.78 Å². The molecule has 0 unspecified atom stereocenters. The number of ketones is 1. The van der Waals surface area contributed by atoms with Crippen molar-refractivity contribution in [3.63, 3.8) is 0 Å². The van der Waals surface area contributed by atoms with Gasteiger partial charge in [-0.1, -0.05) is 23.8 Å². The molecule has 17 heavy (non-hydrogen) atoms. The fraction of sp³-hybridized carbons (Fsp3) is 0.615. The predicted molar refractivity (Wildman–Crippen MR) is 65.8 cm³/mol. The number of nitrogens with zero attached hydrogens (tertiary/aromatic N) is 3. The number of rotatable bonds is 5. The first-order valence-corrected chi connectivity index (χ1v) is 6.41. The number of aryl methyl sites for hydroxylation is 1. The maximum atomic E-state index is 12.1. The van der Waals surface area contributed by atoms with Crippen molar-refractivity contribution in [3.8, 4) is 0 Å². The van der Waals surface area contributed by atoms with E-state index in [0.29, 0.717) is 12.1 Å². The molecule has 4 nitrogen and oxygen atoms in total. The van der Waals surface area contributed by atoms with Crippen LogP contribution in [-0.2, 0) is 6.54 Å². The van der Waals surface area contributed by atoms with Crippen LogP contribution in [0.25, 0.3) is 0 Å². The summed E-state index contributed by atoms with van der Waals surface area (Å²) >= 11 is 0. The normalized spacial score (nSPS) is 15.7. The Kier molecular flexibility index (Phi) is 4.07. The molecular weight excluding hydrogens is 214 g/mol. The molecule has 0 saturated heterocycles. The quantitative estimate of drug-likeness (QED) is 0.580. The van der Waals surface area contributed by atoms with Gasteiger partial charge in [-0.15, -0.1) is 5.10 Å². The molecule has 2 rings (SSSR count). The number of hydrogen-bond acceptors (Lipinski definition) is 3. The molecule has 0 atom stereocenters. The predicted octanol–water partition coefficient (Wildman–Crippen LogP) is 2.76. The Bertz CT molecular complexity index is 420. The third kappa shape index (κ3) is 3.02. The van der Waals surface area contributed by atoms with Gasteiger partial charge in [-0.05, 0) is 32.1 Å². The van der Waals surface area contributed by atoms with Crippen LogP contribution in [0.15, 0.2) is 17.8 Å². The summed E-state index contributed by atoms with van der Waals surface area (Å²) in [5.74, 6) is 0.150. The first-order chi connectivity index (χ1) is 8.31. The highest BCUT2D eigenvalue weighted by molar-refractivity contribution is 5.95. The van der Waals surface area contributed by atoms with E-state index in [1.165, 1.54) is 18.4 Å². The minimum absolute atomic E-state index is 0.150. The van der Waals surface area contributed by atoms with E-state index < -0.39 is 0 Å². The zero-order chi connectivity index (χ0) is 12.1. The van der Waals surface area contributed by atoms with Crippen LogP contribution < -0.4 is 0 Å². The average Bonchev–Trinajstić information content (AvgIpc) is 2.79. The van der Waals surface area contributed by atoms with E-state index in [2.05, 4.69) is 23.3 Å². The lowest BCUT2D eigenvalue weighted by atomic mass is 9.95. The number of carbonyl (C=O) groups excluding carboxylic acids is 1. The van der Waals surface area contributed by atoms with Gasteiger partial charge in [0.1, 0.15) is 5.69 Å². The number of carbonyl (C=O) groups is 1. The van der Waals surface area contributed by atoms with Crippen molar-refractivity contribution in [3.05, 3.63) is 23.5 Å². The Hall–Kier alpha value is -1.45. The topological polar surface area (TPSA) is 47.8 Å². The zero-order valence-electron chi connectivity index (χ0n) is 10.4. The Morgan fingerprint density at radius 2 is 2.35 bits per heavy atom. The lowest BCUT2D eigenvalue weighted by Crippen LogP contribution is -2.11. The Balaban J connectivity index is 2.03. The number of Topliss-reactive ketones (excluding diaryl/α,β-unsaturated/α-hetero) is 1. The van der Waals surface area contributed by atoms with Gasteiger partial charge in [-0.3, -0.25) is 4.79 Å². The maximum Gasteiger partial charge on any atom is 0.186 e.